The van der Waals surface area contributed by atoms with Crippen LogP contribution in [0.3, 0.4) is 0 Å². The summed E-state index contributed by atoms with van der Waals surface area (Å²) in [5.41, 5.74) is 20.4. The summed E-state index contributed by atoms with van der Waals surface area (Å²) in [7, 11) is 0. The van der Waals surface area contributed by atoms with E-state index in [9.17, 15) is 0 Å². The van der Waals surface area contributed by atoms with Gasteiger partial charge in [0.2, 0.25) is 0 Å². The highest BCUT2D eigenvalue weighted by Gasteiger charge is 2.52. The van der Waals surface area contributed by atoms with Crippen molar-refractivity contribution in [2.45, 2.75) is 5.41 Å². The zero-order valence-electron chi connectivity index (χ0n) is 35.1. The molecule has 13 aromatic rings. The molecule has 11 aromatic carbocycles. The largest absolute Gasteiger partial charge is 0.455 e. The minimum absolute atomic E-state index is 0.529. The first-order valence-corrected chi connectivity index (χ1v) is 22.5. The lowest BCUT2D eigenvalue weighted by Crippen LogP contribution is -2.26. The van der Waals surface area contributed by atoms with Gasteiger partial charge in [-0.1, -0.05) is 200 Å². The highest BCUT2D eigenvalue weighted by Crippen LogP contribution is 2.65. The SMILES string of the molecule is c1ccc2c(c1)-c1ccccc1C21c2ccccc2-c2cccc(-c3c4cccc(-c5cccc6c5oc5ccccc56)c4cc4c(-c5cccc6c5oc5ccccc56)cccc34)c21. The number of benzene rings is 11. The number of rotatable bonds is 3. The molecule has 0 bridgehead atoms. The quantitative estimate of drug-likeness (QED) is 0.166. The molecule has 2 aliphatic rings. The normalized spacial score (nSPS) is 13.4. The molecule has 1 spiro atoms. The summed E-state index contributed by atoms with van der Waals surface area (Å²) in [6, 6.07) is 80.4. The van der Waals surface area contributed by atoms with E-state index in [0.29, 0.717) is 0 Å². The molecular formula is C63H36O2. The van der Waals surface area contributed by atoms with Crippen molar-refractivity contribution in [2.24, 2.45) is 0 Å². The number of fused-ring (bicyclic) bond motifs is 18. The smallest absolute Gasteiger partial charge is 0.143 e. The van der Waals surface area contributed by atoms with Crippen LogP contribution in [0.25, 0.3) is 121 Å². The Morgan fingerprint density at radius 1 is 0.246 bits per heavy atom. The molecule has 2 heteroatoms. The first-order chi connectivity index (χ1) is 32.3. The van der Waals surface area contributed by atoms with E-state index in [2.05, 4.69) is 218 Å². The molecule has 0 saturated carbocycles. The van der Waals surface area contributed by atoms with Crippen molar-refractivity contribution in [3.05, 3.63) is 241 Å². The summed E-state index contributed by atoms with van der Waals surface area (Å²) >= 11 is 0. The Morgan fingerprint density at radius 2 is 0.600 bits per heavy atom. The van der Waals surface area contributed by atoms with Gasteiger partial charge in [-0.3, -0.25) is 0 Å². The molecule has 0 amide bonds. The summed E-state index contributed by atoms with van der Waals surface area (Å²) in [5.74, 6) is 0. The molecule has 2 nitrogen and oxygen atoms in total. The molecule has 0 radical (unpaired) electrons. The van der Waals surface area contributed by atoms with Crippen LogP contribution in [-0.2, 0) is 5.41 Å². The van der Waals surface area contributed by atoms with Gasteiger partial charge in [0, 0.05) is 32.7 Å². The fraction of sp³-hybridized carbons (Fsp3) is 0.0159. The Balaban J connectivity index is 1.12. The van der Waals surface area contributed by atoms with Crippen molar-refractivity contribution in [3.8, 4) is 55.6 Å². The number of hydrogen-bond acceptors (Lipinski definition) is 2. The zero-order chi connectivity index (χ0) is 42.4. The van der Waals surface area contributed by atoms with Crippen LogP contribution in [0.1, 0.15) is 22.3 Å². The lowest BCUT2D eigenvalue weighted by atomic mass is 9.68. The third-order valence-electron chi connectivity index (χ3n) is 14.7. The summed E-state index contributed by atoms with van der Waals surface area (Å²) in [6.45, 7) is 0. The van der Waals surface area contributed by atoms with Gasteiger partial charge < -0.3 is 8.83 Å². The molecule has 65 heavy (non-hydrogen) atoms. The van der Waals surface area contributed by atoms with E-state index in [1.54, 1.807) is 0 Å². The molecule has 0 fully saturated rings. The number of hydrogen-bond donors (Lipinski definition) is 0. The number of para-hydroxylation sites is 4. The number of furan rings is 2. The van der Waals surface area contributed by atoms with Crippen LogP contribution in [0, 0.1) is 0 Å². The maximum atomic E-state index is 6.77. The third-order valence-corrected chi connectivity index (χ3v) is 14.7. The summed E-state index contributed by atoms with van der Waals surface area (Å²) in [4.78, 5) is 0. The topological polar surface area (TPSA) is 26.3 Å². The van der Waals surface area contributed by atoms with E-state index in [1.165, 1.54) is 77.2 Å². The van der Waals surface area contributed by atoms with Gasteiger partial charge in [-0.25, -0.2) is 0 Å². The molecule has 2 aliphatic carbocycles. The average Bonchev–Trinajstić information content (AvgIpc) is 4.11. The van der Waals surface area contributed by atoms with Crippen molar-refractivity contribution in [2.75, 3.05) is 0 Å². The predicted molar refractivity (Wildman–Crippen MR) is 269 cm³/mol. The molecule has 0 aliphatic heterocycles. The molecule has 15 rings (SSSR count). The average molecular weight is 825 g/mol. The van der Waals surface area contributed by atoms with Crippen LogP contribution in [0.4, 0.5) is 0 Å². The van der Waals surface area contributed by atoms with E-state index in [4.69, 9.17) is 8.83 Å². The maximum Gasteiger partial charge on any atom is 0.143 e. The lowest BCUT2D eigenvalue weighted by molar-refractivity contribution is 0.669. The Bertz CT molecular complexity index is 3960. The van der Waals surface area contributed by atoms with Crippen molar-refractivity contribution in [1.82, 2.24) is 0 Å². The summed E-state index contributed by atoms with van der Waals surface area (Å²) in [6.07, 6.45) is 0. The van der Waals surface area contributed by atoms with Crippen molar-refractivity contribution < 1.29 is 8.83 Å². The van der Waals surface area contributed by atoms with Crippen LogP contribution >= 0.6 is 0 Å². The van der Waals surface area contributed by atoms with Crippen molar-refractivity contribution in [3.63, 3.8) is 0 Å². The van der Waals surface area contributed by atoms with Gasteiger partial charge in [-0.2, -0.15) is 0 Å². The Hall–Kier alpha value is -8.46. The molecule has 0 N–H and O–H groups in total. The van der Waals surface area contributed by atoms with Gasteiger partial charge in [-0.15, -0.1) is 0 Å². The summed E-state index contributed by atoms with van der Waals surface area (Å²) in [5, 5.41) is 9.21. The second kappa shape index (κ2) is 12.8. The molecule has 2 heterocycles. The molecule has 0 saturated heterocycles. The van der Waals surface area contributed by atoms with Gasteiger partial charge in [0.05, 0.1) is 5.41 Å². The lowest BCUT2D eigenvalue weighted by Gasteiger charge is -2.32. The van der Waals surface area contributed by atoms with E-state index < -0.39 is 5.41 Å². The van der Waals surface area contributed by atoms with Crippen LogP contribution in [0.15, 0.2) is 227 Å². The monoisotopic (exact) mass is 824 g/mol. The fourth-order valence-corrected chi connectivity index (χ4v) is 12.2. The fourth-order valence-electron chi connectivity index (χ4n) is 12.2. The van der Waals surface area contributed by atoms with Crippen molar-refractivity contribution in [1.29, 1.82) is 0 Å². The molecule has 2 aromatic heterocycles. The molecule has 0 atom stereocenters. The van der Waals surface area contributed by atoms with E-state index in [1.807, 2.05) is 0 Å². The van der Waals surface area contributed by atoms with Gasteiger partial charge >= 0.3 is 0 Å². The maximum absolute atomic E-state index is 6.77. The standard InChI is InChI=1S/C63H36O2/c1-6-31-54-39(16-1)40-17-2-7-32-55(40)63(54)56-33-8-3-18-41(56)46-25-13-30-51(60(46)63)59-44-23-11-21-37(47-26-14-28-49-42-19-4-9-34-57(42)64-61(47)49)52(44)36-53-38(22-12-24-45(53)59)48-27-15-29-50-43-20-5-10-35-58(43)65-62(48)50/h1-36H. The highest BCUT2D eigenvalue weighted by molar-refractivity contribution is 6.23. The molecule has 0 unspecified atom stereocenters. The van der Waals surface area contributed by atoms with Gasteiger partial charge in [0.15, 0.2) is 0 Å². The third kappa shape index (κ3) is 4.48. The van der Waals surface area contributed by atoms with Gasteiger partial charge in [0.25, 0.3) is 0 Å². The Labute approximate surface area is 374 Å². The van der Waals surface area contributed by atoms with E-state index in [0.717, 1.165) is 66.1 Å². The minimum atomic E-state index is -0.529. The predicted octanol–water partition coefficient (Wildman–Crippen LogP) is 17.1. The zero-order valence-corrected chi connectivity index (χ0v) is 35.1. The van der Waals surface area contributed by atoms with Crippen LogP contribution in [0.2, 0.25) is 0 Å². The second-order valence-corrected chi connectivity index (χ2v) is 17.7. The van der Waals surface area contributed by atoms with Crippen molar-refractivity contribution >= 4 is 65.4 Å². The minimum Gasteiger partial charge on any atom is -0.455 e. The van der Waals surface area contributed by atoms with E-state index in [-0.39, 0.29) is 0 Å². The molecule has 300 valence electrons. The van der Waals surface area contributed by atoms with Gasteiger partial charge in [-0.05, 0) is 107 Å². The van der Waals surface area contributed by atoms with Crippen LogP contribution in [0.5, 0.6) is 0 Å². The first-order valence-electron chi connectivity index (χ1n) is 22.5. The van der Waals surface area contributed by atoms with Crippen LogP contribution < -0.4 is 0 Å². The Morgan fingerprint density at radius 3 is 1.12 bits per heavy atom. The molecular weight excluding hydrogens is 789 g/mol. The highest BCUT2D eigenvalue weighted by atomic mass is 16.3. The van der Waals surface area contributed by atoms with Gasteiger partial charge in [0.1, 0.15) is 22.3 Å². The Kier molecular flexibility index (Phi) is 6.91. The first kappa shape index (κ1) is 35.1. The van der Waals surface area contributed by atoms with Crippen LogP contribution in [-0.4, -0.2) is 0 Å². The summed E-state index contributed by atoms with van der Waals surface area (Å²) < 4.78 is 13.5. The van der Waals surface area contributed by atoms with E-state index >= 15 is 0 Å². The second-order valence-electron chi connectivity index (χ2n) is 17.7.